The standard InChI is InChI=1S/C24H29N9O5S3/c1-2-38-30-17(14-12-41-24(26)27-14)20(34)28-18-21(35)33-19(23(36)37)13(11-40-22(18)33)10-31-7-8-32-16(31)5-4-15(29-32)39-9-3-6-25/h4-5,7-8,12,18,22,29H,2-3,6,9-11,25H2,1H3,(H2,26,27)(H,28,34)(H,36,37)/b30-17-/t18-,22+/m1/s1. The number of hydrazine groups is 1. The van der Waals surface area contributed by atoms with Gasteiger partial charge in [-0.25, -0.2) is 14.8 Å². The van der Waals surface area contributed by atoms with Crippen LogP contribution in [0.4, 0.5) is 5.13 Å². The van der Waals surface area contributed by atoms with Crippen LogP contribution < -0.4 is 22.2 Å². The fourth-order valence-electron chi connectivity index (χ4n) is 4.44. The highest BCUT2D eigenvalue weighted by Gasteiger charge is 2.54. The zero-order valence-electron chi connectivity index (χ0n) is 22.0. The van der Waals surface area contributed by atoms with Gasteiger partial charge in [-0.05, 0) is 37.6 Å². The van der Waals surface area contributed by atoms with Crippen molar-refractivity contribution >= 4 is 63.5 Å². The number of allylic oxidation sites excluding steroid dienone is 2. The molecule has 1 aromatic rings. The Morgan fingerprint density at radius 3 is 2.90 bits per heavy atom. The number of aromatic nitrogens is 1. The number of carbonyl (C=O) groups excluding carboxylic acids is 2. The molecule has 4 aliphatic rings. The van der Waals surface area contributed by atoms with E-state index in [1.807, 2.05) is 34.5 Å². The zero-order valence-corrected chi connectivity index (χ0v) is 24.4. The van der Waals surface area contributed by atoms with Crippen LogP contribution in [0.2, 0.25) is 0 Å². The van der Waals surface area contributed by atoms with Crippen molar-refractivity contribution in [2.24, 2.45) is 10.9 Å². The van der Waals surface area contributed by atoms with E-state index < -0.39 is 29.2 Å². The van der Waals surface area contributed by atoms with Gasteiger partial charge < -0.3 is 31.6 Å². The third-order valence-corrected chi connectivity index (χ3v) is 9.36. The molecule has 0 aromatic carbocycles. The molecule has 2 amide bonds. The molecule has 7 N–H and O–H groups in total. The number of fused-ring (bicyclic) bond motifs is 2. The van der Waals surface area contributed by atoms with Crippen molar-refractivity contribution in [3.63, 3.8) is 0 Å². The summed E-state index contributed by atoms with van der Waals surface area (Å²) in [6.07, 6.45) is 8.56. The second kappa shape index (κ2) is 12.5. The summed E-state index contributed by atoms with van der Waals surface area (Å²) >= 11 is 4.20. The number of amides is 2. The summed E-state index contributed by atoms with van der Waals surface area (Å²) in [7, 11) is 0. The van der Waals surface area contributed by atoms with Gasteiger partial charge in [0, 0.05) is 35.8 Å². The van der Waals surface area contributed by atoms with Crippen molar-refractivity contribution in [3.05, 3.63) is 57.7 Å². The average Bonchev–Trinajstić information content (AvgIpc) is 3.57. The van der Waals surface area contributed by atoms with Gasteiger partial charge in [-0.3, -0.25) is 19.9 Å². The number of oxime groups is 1. The number of hydrogen-bond donors (Lipinski definition) is 5. The maximum absolute atomic E-state index is 13.2. The third-order valence-electron chi connectivity index (χ3n) is 6.32. The number of rotatable bonds is 12. The molecular formula is C24H29N9O5S3. The van der Waals surface area contributed by atoms with Crippen LogP contribution in [0.1, 0.15) is 19.0 Å². The molecule has 1 fully saturated rings. The van der Waals surface area contributed by atoms with E-state index in [0.29, 0.717) is 17.9 Å². The minimum absolute atomic E-state index is 0.0653. The minimum atomic E-state index is -1.20. The molecule has 1 aromatic heterocycles. The third kappa shape index (κ3) is 5.88. The average molecular weight is 620 g/mol. The molecule has 218 valence electrons. The first-order valence-electron chi connectivity index (χ1n) is 12.7. The number of nitrogens with zero attached hydrogens (tertiary/aromatic N) is 5. The molecule has 41 heavy (non-hydrogen) atoms. The Morgan fingerprint density at radius 1 is 1.37 bits per heavy atom. The molecule has 14 nitrogen and oxygen atoms in total. The molecule has 0 spiro atoms. The van der Waals surface area contributed by atoms with Crippen LogP contribution >= 0.6 is 34.9 Å². The Labute approximate surface area is 248 Å². The van der Waals surface area contributed by atoms with Gasteiger partial charge >= 0.3 is 5.97 Å². The summed E-state index contributed by atoms with van der Waals surface area (Å²) in [6.45, 7) is 2.86. The maximum Gasteiger partial charge on any atom is 0.352 e. The molecule has 5 heterocycles. The van der Waals surface area contributed by atoms with E-state index in [-0.39, 0.29) is 35.4 Å². The van der Waals surface area contributed by atoms with E-state index in [1.165, 1.54) is 16.7 Å². The smallest absolute Gasteiger partial charge is 0.352 e. The summed E-state index contributed by atoms with van der Waals surface area (Å²) < 4.78 is 0. The Kier molecular flexibility index (Phi) is 8.77. The van der Waals surface area contributed by atoms with Gasteiger partial charge in [-0.2, -0.15) is 0 Å². The minimum Gasteiger partial charge on any atom is -0.477 e. The van der Waals surface area contributed by atoms with Crippen LogP contribution in [-0.4, -0.2) is 91.0 Å². The van der Waals surface area contributed by atoms with Crippen LogP contribution in [0.15, 0.2) is 57.2 Å². The first kappa shape index (κ1) is 28.8. The lowest BCUT2D eigenvalue weighted by atomic mass is 10.0. The lowest BCUT2D eigenvalue weighted by Gasteiger charge is -2.49. The Morgan fingerprint density at radius 2 is 2.20 bits per heavy atom. The summed E-state index contributed by atoms with van der Waals surface area (Å²) in [6, 6.07) is -0.932. The van der Waals surface area contributed by atoms with Crippen molar-refractivity contribution in [3.8, 4) is 0 Å². The van der Waals surface area contributed by atoms with Crippen LogP contribution in [0.3, 0.4) is 0 Å². The summed E-state index contributed by atoms with van der Waals surface area (Å²) in [5, 5.41) is 20.7. The van der Waals surface area contributed by atoms with E-state index in [1.54, 1.807) is 24.1 Å². The number of anilines is 1. The molecule has 0 radical (unpaired) electrons. The molecule has 0 bridgehead atoms. The van der Waals surface area contributed by atoms with Crippen LogP contribution in [0.25, 0.3) is 0 Å². The van der Waals surface area contributed by atoms with E-state index in [0.717, 1.165) is 34.4 Å². The number of carboxylic acids is 1. The molecule has 17 heteroatoms. The van der Waals surface area contributed by atoms with Gasteiger partial charge in [0.25, 0.3) is 11.8 Å². The van der Waals surface area contributed by atoms with Crippen molar-refractivity contribution in [2.45, 2.75) is 24.8 Å². The number of thioether (sulfide) groups is 2. The van der Waals surface area contributed by atoms with Crippen molar-refractivity contribution in [1.29, 1.82) is 0 Å². The number of thiazole rings is 1. The quantitative estimate of drug-likeness (QED) is 0.0945. The van der Waals surface area contributed by atoms with E-state index in [2.05, 4.69) is 20.9 Å². The first-order chi connectivity index (χ1) is 19.8. The molecule has 2 atom stereocenters. The molecule has 1 saturated heterocycles. The van der Waals surface area contributed by atoms with Crippen molar-refractivity contribution in [1.82, 2.24) is 30.5 Å². The molecule has 4 aliphatic heterocycles. The predicted molar refractivity (Wildman–Crippen MR) is 157 cm³/mol. The van der Waals surface area contributed by atoms with Crippen molar-refractivity contribution in [2.75, 3.05) is 36.9 Å². The number of carbonyl (C=O) groups is 3. The normalized spacial score (nSPS) is 21.6. The van der Waals surface area contributed by atoms with E-state index in [9.17, 15) is 19.5 Å². The monoisotopic (exact) mass is 619 g/mol. The number of β-lactam (4-membered cyclic amide) rings is 1. The van der Waals surface area contributed by atoms with Gasteiger partial charge in [-0.15, -0.1) is 34.9 Å². The lowest BCUT2D eigenvalue weighted by molar-refractivity contribution is -0.150. The summed E-state index contributed by atoms with van der Waals surface area (Å²) in [5.74, 6) is -0.277. The van der Waals surface area contributed by atoms with E-state index in [4.69, 9.17) is 16.3 Å². The molecular weight excluding hydrogens is 591 g/mol. The number of carboxylic acid groups (broad SMARTS) is 1. The zero-order chi connectivity index (χ0) is 29.1. The Bertz CT molecular complexity index is 1390. The van der Waals surface area contributed by atoms with Crippen molar-refractivity contribution < 1.29 is 24.3 Å². The van der Waals surface area contributed by atoms with Crippen LogP contribution in [0.5, 0.6) is 0 Å². The molecule has 0 aliphatic carbocycles. The summed E-state index contributed by atoms with van der Waals surface area (Å²) in [4.78, 5) is 51.0. The predicted octanol–water partition coefficient (Wildman–Crippen LogP) is 0.576. The largest absolute Gasteiger partial charge is 0.477 e. The maximum atomic E-state index is 13.2. The van der Waals surface area contributed by atoms with Crippen LogP contribution in [0, 0.1) is 0 Å². The lowest BCUT2D eigenvalue weighted by Crippen LogP contribution is -2.71. The number of nitrogens with one attached hydrogen (secondary N) is 2. The fraction of sp³-hybridized carbons (Fsp3) is 0.375. The van der Waals surface area contributed by atoms with Crippen LogP contribution in [-0.2, 0) is 19.2 Å². The molecule has 0 saturated carbocycles. The second-order valence-corrected chi connectivity index (χ2v) is 12.1. The first-order valence-corrected chi connectivity index (χ1v) is 15.6. The highest BCUT2D eigenvalue weighted by atomic mass is 32.2. The highest BCUT2D eigenvalue weighted by Crippen LogP contribution is 2.41. The van der Waals surface area contributed by atoms with Gasteiger partial charge in [0.2, 0.25) is 0 Å². The number of aliphatic carboxylic acids is 1. The summed E-state index contributed by atoms with van der Waals surface area (Å²) in [5.41, 5.74) is 15.2. The van der Waals surface area contributed by atoms with E-state index >= 15 is 0 Å². The topological polar surface area (TPSA) is 192 Å². The van der Waals surface area contributed by atoms with Gasteiger partial charge in [-0.1, -0.05) is 5.16 Å². The van der Waals surface area contributed by atoms with Gasteiger partial charge in [0.05, 0.1) is 5.03 Å². The molecule has 5 rings (SSSR count). The number of hydrogen-bond acceptors (Lipinski definition) is 14. The number of nitrogens with two attached hydrogens (primary N) is 2. The van der Waals surface area contributed by atoms with Gasteiger partial charge in [0.1, 0.15) is 35.2 Å². The SMILES string of the molecule is CCO/N=C(\C(=O)N[C@@H]1C(=O)N2C(C(=O)O)=C(CN3C=CN4NC(SCCCN)=CC=C34)CS[C@@H]12)c1csc(N)n1. The Balaban J connectivity index is 1.29. The second-order valence-electron chi connectivity index (χ2n) is 9.00. The van der Waals surface area contributed by atoms with Gasteiger partial charge in [0.15, 0.2) is 10.8 Å². The fourth-order valence-corrected chi connectivity index (χ4v) is 7.19. The highest BCUT2D eigenvalue weighted by molar-refractivity contribution is 8.03. The Hall–Kier alpha value is -3.67. The number of nitrogen functional groups attached to an aromatic ring is 1. The molecule has 0 unspecified atom stereocenters.